The van der Waals surface area contributed by atoms with Crippen molar-refractivity contribution < 1.29 is 9.52 Å². The summed E-state index contributed by atoms with van der Waals surface area (Å²) in [5.41, 5.74) is 1.49. The second-order valence-corrected chi connectivity index (χ2v) is 5.14. The lowest BCUT2D eigenvalue weighted by atomic mass is 10.2. The molecule has 2 aromatic carbocycles. The van der Waals surface area contributed by atoms with Crippen molar-refractivity contribution in [2.75, 3.05) is 0 Å². The number of oxazole rings is 1. The normalized spacial score (nSPS) is 11.1. The van der Waals surface area contributed by atoms with Crippen LogP contribution in [0.3, 0.4) is 0 Å². The summed E-state index contributed by atoms with van der Waals surface area (Å²) in [5, 5.41) is 10.7. The highest BCUT2D eigenvalue weighted by molar-refractivity contribution is 6.42. The van der Waals surface area contributed by atoms with Gasteiger partial charge in [-0.15, -0.1) is 0 Å². The predicted molar refractivity (Wildman–Crippen MR) is 77.7 cm³/mol. The summed E-state index contributed by atoms with van der Waals surface area (Å²) in [7, 11) is 0. The van der Waals surface area contributed by atoms with Gasteiger partial charge in [-0.3, -0.25) is 4.57 Å². The Kier molecular flexibility index (Phi) is 3.20. The van der Waals surface area contributed by atoms with E-state index in [2.05, 4.69) is 0 Å². The molecular formula is C14H9Cl2NO3. The van der Waals surface area contributed by atoms with E-state index < -0.39 is 5.76 Å². The number of hydrogen-bond donors (Lipinski definition) is 1. The topological polar surface area (TPSA) is 55.4 Å². The first kappa shape index (κ1) is 13.1. The van der Waals surface area contributed by atoms with Gasteiger partial charge in [-0.1, -0.05) is 35.3 Å². The van der Waals surface area contributed by atoms with E-state index in [-0.39, 0.29) is 12.3 Å². The van der Waals surface area contributed by atoms with Crippen LogP contribution in [0.15, 0.2) is 45.6 Å². The fraction of sp³-hybridized carbons (Fsp3) is 0.0714. The van der Waals surface area contributed by atoms with Crippen LogP contribution >= 0.6 is 23.2 Å². The van der Waals surface area contributed by atoms with Crippen LogP contribution in [0, 0.1) is 0 Å². The predicted octanol–water partition coefficient (Wildman–Crippen LogP) is 3.66. The minimum Gasteiger partial charge on any atom is -0.506 e. The van der Waals surface area contributed by atoms with Gasteiger partial charge in [0.25, 0.3) is 0 Å². The van der Waals surface area contributed by atoms with Gasteiger partial charge >= 0.3 is 5.76 Å². The summed E-state index contributed by atoms with van der Waals surface area (Å²) < 4.78 is 6.45. The summed E-state index contributed by atoms with van der Waals surface area (Å²) in [5.74, 6) is -0.541. The Labute approximate surface area is 123 Å². The number of phenolic OH excluding ortho intramolecular Hbond substituents is 1. The molecule has 1 heterocycles. The molecule has 0 atom stereocenters. The second kappa shape index (κ2) is 4.89. The van der Waals surface area contributed by atoms with Crippen molar-refractivity contribution in [3.63, 3.8) is 0 Å². The molecule has 6 heteroatoms. The largest absolute Gasteiger partial charge is 0.506 e. The average Bonchev–Trinajstić information content (AvgIpc) is 2.72. The fourth-order valence-electron chi connectivity index (χ4n) is 2.07. The molecule has 3 aromatic rings. The van der Waals surface area contributed by atoms with Crippen LogP contribution in [0.2, 0.25) is 10.0 Å². The lowest BCUT2D eigenvalue weighted by Gasteiger charge is -2.05. The molecule has 0 unspecified atom stereocenters. The van der Waals surface area contributed by atoms with E-state index in [1.54, 1.807) is 30.3 Å². The van der Waals surface area contributed by atoms with Crippen molar-refractivity contribution in [1.29, 1.82) is 0 Å². The monoisotopic (exact) mass is 309 g/mol. The Hall–Kier alpha value is -1.91. The molecule has 20 heavy (non-hydrogen) atoms. The maximum absolute atomic E-state index is 11.9. The van der Waals surface area contributed by atoms with Gasteiger partial charge in [0, 0.05) is 0 Å². The highest BCUT2D eigenvalue weighted by Crippen LogP contribution is 2.26. The molecule has 0 bridgehead atoms. The molecule has 0 radical (unpaired) electrons. The number of para-hydroxylation sites is 1. The van der Waals surface area contributed by atoms with Crippen molar-refractivity contribution in [3.8, 4) is 5.75 Å². The molecule has 1 aromatic heterocycles. The van der Waals surface area contributed by atoms with Gasteiger partial charge in [0.05, 0.1) is 16.6 Å². The summed E-state index contributed by atoms with van der Waals surface area (Å²) in [4.78, 5) is 11.9. The first-order chi connectivity index (χ1) is 9.56. The smallest absolute Gasteiger partial charge is 0.420 e. The van der Waals surface area contributed by atoms with Gasteiger partial charge in [0.2, 0.25) is 0 Å². The molecular weight excluding hydrogens is 301 g/mol. The number of aromatic hydroxyl groups is 1. The highest BCUT2D eigenvalue weighted by Gasteiger charge is 2.13. The Bertz CT molecular complexity index is 851. The van der Waals surface area contributed by atoms with Gasteiger partial charge in [-0.05, 0) is 29.8 Å². The van der Waals surface area contributed by atoms with Crippen molar-refractivity contribution >= 4 is 34.3 Å². The van der Waals surface area contributed by atoms with Crippen LogP contribution in [-0.4, -0.2) is 9.67 Å². The summed E-state index contributed by atoms with van der Waals surface area (Å²) in [6, 6.07) is 9.84. The average molecular weight is 310 g/mol. The Balaban J connectivity index is 2.13. The quantitative estimate of drug-likeness (QED) is 0.786. The summed E-state index contributed by atoms with van der Waals surface area (Å²) in [6.07, 6.45) is 0. The van der Waals surface area contributed by atoms with Gasteiger partial charge in [-0.25, -0.2) is 4.79 Å². The third-order valence-corrected chi connectivity index (χ3v) is 3.73. The van der Waals surface area contributed by atoms with Crippen molar-refractivity contribution in [2.45, 2.75) is 6.54 Å². The number of nitrogens with zero attached hydrogens (tertiary/aromatic N) is 1. The van der Waals surface area contributed by atoms with E-state index in [0.717, 1.165) is 5.56 Å². The first-order valence-corrected chi connectivity index (χ1v) is 6.57. The van der Waals surface area contributed by atoms with Crippen LogP contribution in [0.5, 0.6) is 5.75 Å². The lowest BCUT2D eigenvalue weighted by molar-refractivity contribution is 0.477. The van der Waals surface area contributed by atoms with Crippen molar-refractivity contribution in [1.82, 2.24) is 4.57 Å². The van der Waals surface area contributed by atoms with E-state index in [9.17, 15) is 9.90 Å². The maximum Gasteiger partial charge on any atom is 0.420 e. The minimum absolute atomic E-state index is 0.00610. The van der Waals surface area contributed by atoms with Crippen LogP contribution in [-0.2, 0) is 6.54 Å². The molecule has 3 rings (SSSR count). The number of benzene rings is 2. The molecule has 1 N–H and O–H groups in total. The number of aromatic nitrogens is 1. The number of hydrogen-bond acceptors (Lipinski definition) is 3. The van der Waals surface area contributed by atoms with Crippen LogP contribution in [0.25, 0.3) is 11.1 Å². The molecule has 0 aliphatic rings. The summed E-state index contributed by atoms with van der Waals surface area (Å²) in [6.45, 7) is 0.236. The number of halogens is 2. The van der Waals surface area contributed by atoms with Gasteiger partial charge in [0.15, 0.2) is 5.58 Å². The maximum atomic E-state index is 11.9. The number of phenols is 1. The van der Waals surface area contributed by atoms with Crippen molar-refractivity contribution in [2.24, 2.45) is 0 Å². The zero-order chi connectivity index (χ0) is 14.3. The van der Waals surface area contributed by atoms with Crippen molar-refractivity contribution in [3.05, 3.63) is 62.6 Å². The molecule has 0 aliphatic heterocycles. The van der Waals surface area contributed by atoms with Gasteiger partial charge < -0.3 is 9.52 Å². The standard InChI is InChI=1S/C14H9Cl2NO3/c15-9-5-4-8(6-10(9)16)7-17-13-11(18)2-1-3-12(13)20-14(17)19/h1-6,18H,7H2. The second-order valence-electron chi connectivity index (χ2n) is 4.33. The lowest BCUT2D eigenvalue weighted by Crippen LogP contribution is -2.14. The van der Waals surface area contributed by atoms with E-state index in [4.69, 9.17) is 27.6 Å². The number of rotatable bonds is 2. The zero-order valence-corrected chi connectivity index (χ0v) is 11.6. The molecule has 0 fully saturated rings. The third kappa shape index (κ3) is 2.17. The SMILES string of the molecule is O=c1oc2cccc(O)c2n1Cc1ccc(Cl)c(Cl)c1. The summed E-state index contributed by atoms with van der Waals surface area (Å²) >= 11 is 11.8. The van der Waals surface area contributed by atoms with E-state index >= 15 is 0 Å². The zero-order valence-electron chi connectivity index (χ0n) is 10.1. The van der Waals surface area contributed by atoms with E-state index in [0.29, 0.717) is 21.1 Å². The van der Waals surface area contributed by atoms with Crippen LogP contribution < -0.4 is 5.76 Å². The molecule has 0 aliphatic carbocycles. The number of fused-ring (bicyclic) bond motifs is 1. The van der Waals surface area contributed by atoms with Gasteiger partial charge in [0.1, 0.15) is 11.3 Å². The van der Waals surface area contributed by atoms with Crippen LogP contribution in [0.4, 0.5) is 0 Å². The minimum atomic E-state index is -0.535. The molecule has 0 spiro atoms. The van der Waals surface area contributed by atoms with Crippen LogP contribution in [0.1, 0.15) is 5.56 Å². The molecule has 0 saturated heterocycles. The van der Waals surface area contributed by atoms with E-state index in [1.165, 1.54) is 10.6 Å². The Morgan fingerprint density at radius 3 is 2.70 bits per heavy atom. The first-order valence-electron chi connectivity index (χ1n) is 5.81. The highest BCUT2D eigenvalue weighted by atomic mass is 35.5. The molecule has 4 nitrogen and oxygen atoms in total. The Morgan fingerprint density at radius 1 is 1.15 bits per heavy atom. The van der Waals surface area contributed by atoms with E-state index in [1.807, 2.05) is 0 Å². The molecule has 0 amide bonds. The van der Waals surface area contributed by atoms with Gasteiger partial charge in [-0.2, -0.15) is 0 Å². The molecule has 0 saturated carbocycles. The molecule has 102 valence electrons. The Morgan fingerprint density at radius 2 is 1.95 bits per heavy atom. The fourth-order valence-corrected chi connectivity index (χ4v) is 2.39. The third-order valence-electron chi connectivity index (χ3n) is 2.99.